The van der Waals surface area contributed by atoms with Crippen LogP contribution in [0.15, 0.2) is 64.6 Å². The van der Waals surface area contributed by atoms with Crippen LogP contribution in [0, 0.1) is 10.1 Å². The Morgan fingerprint density at radius 2 is 1.91 bits per heavy atom. The third-order valence-electron chi connectivity index (χ3n) is 3.50. The summed E-state index contributed by atoms with van der Waals surface area (Å²) in [4.78, 5) is 14.2. The SMILES string of the molecule is O=[N+]([O-])c1ccccc1CN(Cc1ccco1)Cc1cccs1. The van der Waals surface area contributed by atoms with Crippen LogP contribution in [-0.2, 0) is 19.6 Å². The minimum absolute atomic E-state index is 0.156. The number of furan rings is 1. The summed E-state index contributed by atoms with van der Waals surface area (Å²) in [6, 6.07) is 14.7. The molecule has 0 unspecified atom stereocenters. The second-order valence-electron chi connectivity index (χ2n) is 5.19. The molecule has 1 aromatic carbocycles. The van der Waals surface area contributed by atoms with Crippen LogP contribution in [0.2, 0.25) is 0 Å². The summed E-state index contributed by atoms with van der Waals surface area (Å²) in [5.41, 5.74) is 0.865. The summed E-state index contributed by atoms with van der Waals surface area (Å²) in [6.45, 7) is 1.83. The lowest BCUT2D eigenvalue weighted by Gasteiger charge is -2.20. The number of hydrogen-bond donors (Lipinski definition) is 0. The molecule has 6 heteroatoms. The highest BCUT2D eigenvalue weighted by molar-refractivity contribution is 7.09. The topological polar surface area (TPSA) is 59.5 Å². The molecule has 0 fully saturated rings. The third-order valence-corrected chi connectivity index (χ3v) is 4.36. The first kappa shape index (κ1) is 15.5. The van der Waals surface area contributed by atoms with E-state index in [1.807, 2.05) is 35.7 Å². The fourth-order valence-corrected chi connectivity index (χ4v) is 3.22. The Kier molecular flexibility index (Phi) is 4.85. The van der Waals surface area contributed by atoms with Crippen LogP contribution >= 0.6 is 11.3 Å². The number of thiophene rings is 1. The molecular formula is C17H16N2O3S. The van der Waals surface area contributed by atoms with Crippen molar-refractivity contribution in [1.29, 1.82) is 0 Å². The molecule has 0 aliphatic heterocycles. The van der Waals surface area contributed by atoms with Gasteiger partial charge in [-0.15, -0.1) is 11.3 Å². The smallest absolute Gasteiger partial charge is 0.273 e. The predicted octanol–water partition coefficient (Wildman–Crippen LogP) is 4.45. The number of nitro benzene ring substituents is 1. The Bertz CT molecular complexity index is 718. The number of para-hydroxylation sites is 1. The van der Waals surface area contributed by atoms with Gasteiger partial charge in [-0.25, -0.2) is 0 Å². The Morgan fingerprint density at radius 3 is 2.61 bits per heavy atom. The molecule has 0 atom stereocenters. The summed E-state index contributed by atoms with van der Waals surface area (Å²) in [5, 5.41) is 13.2. The molecule has 3 aromatic rings. The van der Waals surface area contributed by atoms with Crippen LogP contribution in [0.5, 0.6) is 0 Å². The zero-order chi connectivity index (χ0) is 16.1. The summed E-state index contributed by atoms with van der Waals surface area (Å²) in [5.74, 6) is 0.847. The molecule has 0 saturated carbocycles. The van der Waals surface area contributed by atoms with Crippen molar-refractivity contribution in [2.45, 2.75) is 19.6 Å². The molecule has 0 aliphatic rings. The van der Waals surface area contributed by atoms with Crippen molar-refractivity contribution in [3.63, 3.8) is 0 Å². The molecule has 0 spiro atoms. The van der Waals surface area contributed by atoms with Gasteiger partial charge in [-0.3, -0.25) is 15.0 Å². The van der Waals surface area contributed by atoms with Crippen LogP contribution in [-0.4, -0.2) is 9.82 Å². The standard InChI is InChI=1S/C17H16N2O3S/c20-19(21)17-8-2-1-5-14(17)11-18(12-15-6-3-9-22-15)13-16-7-4-10-23-16/h1-10H,11-13H2. The van der Waals surface area contributed by atoms with E-state index in [-0.39, 0.29) is 10.6 Å². The molecule has 118 valence electrons. The number of nitro groups is 1. The van der Waals surface area contributed by atoms with E-state index in [2.05, 4.69) is 11.0 Å². The van der Waals surface area contributed by atoms with Gasteiger partial charge in [-0.2, -0.15) is 0 Å². The maximum Gasteiger partial charge on any atom is 0.273 e. The molecule has 2 heterocycles. The molecule has 0 bridgehead atoms. The van der Waals surface area contributed by atoms with Gasteiger partial charge in [0.15, 0.2) is 0 Å². The van der Waals surface area contributed by atoms with Crippen LogP contribution in [0.1, 0.15) is 16.2 Å². The molecule has 0 radical (unpaired) electrons. The van der Waals surface area contributed by atoms with Crippen molar-refractivity contribution in [3.05, 3.63) is 86.5 Å². The number of nitrogens with zero attached hydrogens (tertiary/aromatic N) is 2. The molecule has 3 rings (SSSR count). The Morgan fingerprint density at radius 1 is 1.04 bits per heavy atom. The van der Waals surface area contributed by atoms with E-state index >= 15 is 0 Å². The summed E-state index contributed by atoms with van der Waals surface area (Å²) < 4.78 is 5.43. The minimum Gasteiger partial charge on any atom is -0.468 e. The van der Waals surface area contributed by atoms with E-state index in [9.17, 15) is 10.1 Å². The zero-order valence-corrected chi connectivity index (χ0v) is 13.2. The van der Waals surface area contributed by atoms with E-state index < -0.39 is 0 Å². The minimum atomic E-state index is -0.328. The van der Waals surface area contributed by atoms with Gasteiger partial charge in [0.1, 0.15) is 5.76 Å². The van der Waals surface area contributed by atoms with Gasteiger partial charge in [0.2, 0.25) is 0 Å². The van der Waals surface area contributed by atoms with Gasteiger partial charge in [0.25, 0.3) is 5.69 Å². The molecular weight excluding hydrogens is 312 g/mol. The lowest BCUT2D eigenvalue weighted by atomic mass is 10.1. The van der Waals surface area contributed by atoms with Crippen molar-refractivity contribution in [3.8, 4) is 0 Å². The fourth-order valence-electron chi connectivity index (χ4n) is 2.48. The van der Waals surface area contributed by atoms with Gasteiger partial charge in [-0.05, 0) is 23.6 Å². The average molecular weight is 328 g/mol. The molecule has 2 aromatic heterocycles. The van der Waals surface area contributed by atoms with Crippen molar-refractivity contribution in [1.82, 2.24) is 4.90 Å². The van der Waals surface area contributed by atoms with Gasteiger partial charge in [-0.1, -0.05) is 24.3 Å². The van der Waals surface area contributed by atoms with Crippen LogP contribution in [0.25, 0.3) is 0 Å². The summed E-state index contributed by atoms with van der Waals surface area (Å²) >= 11 is 1.68. The van der Waals surface area contributed by atoms with Crippen molar-refractivity contribution < 1.29 is 9.34 Å². The predicted molar refractivity (Wildman–Crippen MR) is 89.1 cm³/mol. The van der Waals surface area contributed by atoms with Gasteiger partial charge < -0.3 is 4.42 Å². The summed E-state index contributed by atoms with van der Waals surface area (Å²) in [6.07, 6.45) is 1.64. The summed E-state index contributed by atoms with van der Waals surface area (Å²) in [7, 11) is 0. The molecule has 0 amide bonds. The second kappa shape index (κ2) is 7.21. The Labute approximate surface area is 137 Å². The second-order valence-corrected chi connectivity index (χ2v) is 6.22. The fraction of sp³-hybridized carbons (Fsp3) is 0.176. The number of rotatable bonds is 7. The van der Waals surface area contributed by atoms with Crippen molar-refractivity contribution >= 4 is 17.0 Å². The highest BCUT2D eigenvalue weighted by Crippen LogP contribution is 2.23. The Balaban J connectivity index is 1.81. The van der Waals surface area contributed by atoms with E-state index in [1.54, 1.807) is 29.7 Å². The molecule has 0 saturated heterocycles. The molecule has 0 N–H and O–H groups in total. The van der Waals surface area contributed by atoms with Crippen molar-refractivity contribution in [2.24, 2.45) is 0 Å². The number of benzene rings is 1. The van der Waals surface area contributed by atoms with E-state index in [4.69, 9.17) is 4.42 Å². The quantitative estimate of drug-likeness (QED) is 0.475. The van der Waals surface area contributed by atoms with Crippen LogP contribution in [0.3, 0.4) is 0 Å². The lowest BCUT2D eigenvalue weighted by molar-refractivity contribution is -0.385. The molecule has 23 heavy (non-hydrogen) atoms. The van der Waals surface area contributed by atoms with Crippen LogP contribution in [0.4, 0.5) is 5.69 Å². The lowest BCUT2D eigenvalue weighted by Crippen LogP contribution is -2.22. The largest absolute Gasteiger partial charge is 0.468 e. The third kappa shape index (κ3) is 4.06. The maximum absolute atomic E-state index is 11.2. The monoisotopic (exact) mass is 328 g/mol. The Hall–Kier alpha value is -2.44. The number of hydrogen-bond acceptors (Lipinski definition) is 5. The first-order valence-electron chi connectivity index (χ1n) is 7.22. The first-order valence-corrected chi connectivity index (χ1v) is 8.10. The van der Waals surface area contributed by atoms with E-state index in [0.717, 1.165) is 12.3 Å². The zero-order valence-electron chi connectivity index (χ0n) is 12.4. The van der Waals surface area contributed by atoms with Crippen molar-refractivity contribution in [2.75, 3.05) is 0 Å². The van der Waals surface area contributed by atoms with Gasteiger partial charge in [0.05, 0.1) is 17.7 Å². The normalized spacial score (nSPS) is 11.0. The van der Waals surface area contributed by atoms with Crippen LogP contribution < -0.4 is 0 Å². The molecule has 0 aliphatic carbocycles. The maximum atomic E-state index is 11.2. The highest BCUT2D eigenvalue weighted by Gasteiger charge is 2.17. The molecule has 5 nitrogen and oxygen atoms in total. The van der Waals surface area contributed by atoms with Gasteiger partial charge >= 0.3 is 0 Å². The van der Waals surface area contributed by atoms with E-state index in [0.29, 0.717) is 18.7 Å². The first-order chi connectivity index (χ1) is 11.2. The van der Waals surface area contributed by atoms with Gasteiger partial charge in [0, 0.05) is 29.6 Å². The van der Waals surface area contributed by atoms with E-state index in [1.165, 1.54) is 4.88 Å². The average Bonchev–Trinajstić information content (AvgIpc) is 3.21. The highest BCUT2D eigenvalue weighted by atomic mass is 32.1.